The summed E-state index contributed by atoms with van der Waals surface area (Å²) in [6.07, 6.45) is 3.13. The van der Waals surface area contributed by atoms with E-state index in [2.05, 4.69) is 19.2 Å². The molecule has 0 bridgehead atoms. The first-order chi connectivity index (χ1) is 14.8. The van der Waals surface area contributed by atoms with Crippen molar-refractivity contribution in [3.8, 4) is 5.75 Å². The van der Waals surface area contributed by atoms with Gasteiger partial charge in [0.25, 0.3) is 11.8 Å². The third kappa shape index (κ3) is 5.60. The lowest BCUT2D eigenvalue weighted by Crippen LogP contribution is -2.49. The van der Waals surface area contributed by atoms with E-state index in [-0.39, 0.29) is 30.2 Å². The topological polar surface area (TPSA) is 58.6 Å². The molecule has 5 nitrogen and oxygen atoms in total. The lowest BCUT2D eigenvalue weighted by atomic mass is 9.97. The Balaban J connectivity index is 1.55. The fraction of sp³-hybridized carbons (Fsp3) is 0.417. The van der Waals surface area contributed by atoms with E-state index in [1.807, 2.05) is 4.90 Å². The fourth-order valence-corrected chi connectivity index (χ4v) is 4.05. The highest BCUT2D eigenvalue weighted by Crippen LogP contribution is 2.23. The summed E-state index contributed by atoms with van der Waals surface area (Å²) >= 11 is 0. The molecule has 2 amide bonds. The lowest BCUT2D eigenvalue weighted by Gasteiger charge is -2.38. The van der Waals surface area contributed by atoms with Crippen LogP contribution in [0, 0.1) is 11.6 Å². The molecule has 7 heteroatoms. The van der Waals surface area contributed by atoms with Gasteiger partial charge in [-0.25, -0.2) is 8.78 Å². The Kier molecular flexibility index (Phi) is 7.25. The second-order valence-electron chi connectivity index (χ2n) is 8.10. The first-order valence-corrected chi connectivity index (χ1v) is 10.6. The molecule has 2 aromatic carbocycles. The molecule has 3 atom stereocenters. The predicted octanol–water partition coefficient (Wildman–Crippen LogP) is 4.62. The molecule has 0 aliphatic carbocycles. The van der Waals surface area contributed by atoms with E-state index in [1.165, 1.54) is 6.07 Å². The standard InChI is InChI=1S/C24H28F2N2O3/c1-15-5-4-6-16(2)28(15)23(29)14-31-20-10-7-18(8-11-20)24(30)27-17(3)21-12-9-19(25)13-22(21)26/h7-13,15-17H,4-6,14H2,1-3H3,(H,27,30). The summed E-state index contributed by atoms with van der Waals surface area (Å²) in [6, 6.07) is 9.44. The van der Waals surface area contributed by atoms with Crippen LogP contribution < -0.4 is 10.1 Å². The predicted molar refractivity (Wildman–Crippen MR) is 114 cm³/mol. The van der Waals surface area contributed by atoms with Crippen molar-refractivity contribution >= 4 is 11.8 Å². The van der Waals surface area contributed by atoms with Crippen LogP contribution in [0.15, 0.2) is 42.5 Å². The van der Waals surface area contributed by atoms with E-state index in [1.54, 1.807) is 31.2 Å². The molecule has 1 saturated heterocycles. The Morgan fingerprint density at radius 3 is 2.35 bits per heavy atom. The quantitative estimate of drug-likeness (QED) is 0.727. The van der Waals surface area contributed by atoms with Gasteiger partial charge in [0.15, 0.2) is 6.61 Å². The van der Waals surface area contributed by atoms with E-state index >= 15 is 0 Å². The molecule has 0 spiro atoms. The van der Waals surface area contributed by atoms with Gasteiger partial charge in [-0.05, 0) is 70.4 Å². The number of carbonyl (C=O) groups excluding carboxylic acids is 2. The van der Waals surface area contributed by atoms with Crippen molar-refractivity contribution in [2.45, 2.75) is 58.2 Å². The second-order valence-corrected chi connectivity index (χ2v) is 8.10. The van der Waals surface area contributed by atoms with E-state index in [0.29, 0.717) is 11.3 Å². The molecule has 1 N–H and O–H groups in total. The van der Waals surface area contributed by atoms with Crippen LogP contribution in [0.25, 0.3) is 0 Å². The van der Waals surface area contributed by atoms with Crippen molar-refractivity contribution in [2.75, 3.05) is 6.61 Å². The van der Waals surface area contributed by atoms with E-state index in [0.717, 1.165) is 31.4 Å². The van der Waals surface area contributed by atoms with Crippen molar-refractivity contribution in [1.29, 1.82) is 0 Å². The van der Waals surface area contributed by atoms with Crippen molar-refractivity contribution in [3.05, 3.63) is 65.2 Å². The van der Waals surface area contributed by atoms with Gasteiger partial charge >= 0.3 is 0 Å². The SMILES string of the molecule is CC(NC(=O)c1ccc(OCC(=O)N2C(C)CCCC2C)cc1)c1ccc(F)cc1F. The largest absolute Gasteiger partial charge is 0.484 e. The molecule has 1 aliphatic heterocycles. The Hall–Kier alpha value is -2.96. The Labute approximate surface area is 181 Å². The van der Waals surface area contributed by atoms with E-state index in [9.17, 15) is 18.4 Å². The summed E-state index contributed by atoms with van der Waals surface area (Å²) in [7, 11) is 0. The number of rotatable bonds is 6. The molecule has 0 saturated carbocycles. The number of amides is 2. The average molecular weight is 430 g/mol. The first-order valence-electron chi connectivity index (χ1n) is 10.6. The van der Waals surface area contributed by atoms with Crippen LogP contribution >= 0.6 is 0 Å². The molecule has 166 valence electrons. The number of nitrogens with one attached hydrogen (secondary N) is 1. The van der Waals surface area contributed by atoms with Gasteiger partial charge in [0.1, 0.15) is 17.4 Å². The molecule has 1 fully saturated rings. The van der Waals surface area contributed by atoms with Gasteiger partial charge in [0, 0.05) is 29.3 Å². The minimum absolute atomic E-state index is 0.0448. The summed E-state index contributed by atoms with van der Waals surface area (Å²) < 4.78 is 32.6. The summed E-state index contributed by atoms with van der Waals surface area (Å²) in [4.78, 5) is 26.9. The Bertz CT molecular complexity index is 923. The van der Waals surface area contributed by atoms with Gasteiger partial charge in [-0.1, -0.05) is 6.07 Å². The average Bonchev–Trinajstić information content (AvgIpc) is 2.72. The number of carbonyl (C=O) groups is 2. The third-order valence-corrected chi connectivity index (χ3v) is 5.74. The van der Waals surface area contributed by atoms with Gasteiger partial charge < -0.3 is 15.0 Å². The maximum atomic E-state index is 13.9. The minimum Gasteiger partial charge on any atom is -0.484 e. The number of benzene rings is 2. The van der Waals surface area contributed by atoms with Crippen LogP contribution in [0.2, 0.25) is 0 Å². The smallest absolute Gasteiger partial charge is 0.260 e. The highest BCUT2D eigenvalue weighted by molar-refractivity contribution is 5.94. The van der Waals surface area contributed by atoms with Crippen LogP contribution in [-0.2, 0) is 4.79 Å². The maximum absolute atomic E-state index is 13.9. The van der Waals surface area contributed by atoms with Crippen molar-refractivity contribution in [1.82, 2.24) is 10.2 Å². The van der Waals surface area contributed by atoms with Gasteiger partial charge in [-0.2, -0.15) is 0 Å². The second kappa shape index (κ2) is 9.90. The zero-order valence-corrected chi connectivity index (χ0v) is 18.0. The van der Waals surface area contributed by atoms with Gasteiger partial charge in [0.2, 0.25) is 0 Å². The molecule has 3 unspecified atom stereocenters. The molecule has 31 heavy (non-hydrogen) atoms. The van der Waals surface area contributed by atoms with E-state index in [4.69, 9.17) is 4.74 Å². The monoisotopic (exact) mass is 430 g/mol. The zero-order valence-electron chi connectivity index (χ0n) is 18.0. The number of ether oxygens (including phenoxy) is 1. The van der Waals surface area contributed by atoms with E-state index < -0.39 is 23.6 Å². The molecule has 2 aromatic rings. The molecule has 0 radical (unpaired) electrons. The van der Waals surface area contributed by atoms with Crippen molar-refractivity contribution in [3.63, 3.8) is 0 Å². The Morgan fingerprint density at radius 2 is 1.74 bits per heavy atom. The molecular formula is C24H28F2N2O3. The van der Waals surface area contributed by atoms with Crippen LogP contribution in [0.3, 0.4) is 0 Å². The minimum atomic E-state index is -0.710. The van der Waals surface area contributed by atoms with Gasteiger partial charge in [-0.15, -0.1) is 0 Å². The number of piperidine rings is 1. The lowest BCUT2D eigenvalue weighted by molar-refractivity contribution is -0.139. The summed E-state index contributed by atoms with van der Waals surface area (Å²) in [6.45, 7) is 5.68. The normalized spacial score (nSPS) is 19.6. The van der Waals surface area contributed by atoms with Crippen molar-refractivity contribution in [2.24, 2.45) is 0 Å². The fourth-order valence-electron chi connectivity index (χ4n) is 4.05. The summed E-state index contributed by atoms with van der Waals surface area (Å²) in [5.74, 6) is -1.33. The third-order valence-electron chi connectivity index (χ3n) is 5.74. The van der Waals surface area contributed by atoms with Crippen LogP contribution in [0.5, 0.6) is 5.75 Å². The first kappa shape index (κ1) is 22.7. The highest BCUT2D eigenvalue weighted by Gasteiger charge is 2.29. The maximum Gasteiger partial charge on any atom is 0.260 e. The molecule has 1 heterocycles. The Morgan fingerprint density at radius 1 is 1.10 bits per heavy atom. The van der Waals surface area contributed by atoms with Gasteiger partial charge in [0.05, 0.1) is 6.04 Å². The van der Waals surface area contributed by atoms with Crippen molar-refractivity contribution < 1.29 is 23.1 Å². The molecular weight excluding hydrogens is 402 g/mol. The number of likely N-dealkylation sites (tertiary alicyclic amines) is 1. The number of hydrogen-bond donors (Lipinski definition) is 1. The van der Waals surface area contributed by atoms with Crippen LogP contribution in [0.1, 0.15) is 62.0 Å². The molecule has 0 aromatic heterocycles. The zero-order chi connectivity index (χ0) is 22.5. The molecule has 1 aliphatic rings. The van der Waals surface area contributed by atoms with Crippen LogP contribution in [0.4, 0.5) is 8.78 Å². The molecule has 3 rings (SSSR count). The number of halogens is 2. The van der Waals surface area contributed by atoms with Crippen LogP contribution in [-0.4, -0.2) is 35.4 Å². The summed E-state index contributed by atoms with van der Waals surface area (Å²) in [5.41, 5.74) is 0.570. The number of hydrogen-bond acceptors (Lipinski definition) is 3. The number of nitrogens with zero attached hydrogens (tertiary/aromatic N) is 1. The highest BCUT2D eigenvalue weighted by atomic mass is 19.1. The summed E-state index contributed by atoms with van der Waals surface area (Å²) in [5, 5.41) is 2.69. The van der Waals surface area contributed by atoms with Gasteiger partial charge in [-0.3, -0.25) is 9.59 Å².